The van der Waals surface area contributed by atoms with Crippen molar-refractivity contribution in [2.24, 2.45) is 0 Å². The van der Waals surface area contributed by atoms with Crippen molar-refractivity contribution >= 4 is 16.7 Å². The molecule has 4 aromatic rings. The molecule has 0 atom stereocenters. The van der Waals surface area contributed by atoms with Crippen molar-refractivity contribution in [3.8, 4) is 22.3 Å². The summed E-state index contributed by atoms with van der Waals surface area (Å²) in [7, 11) is 0. The van der Waals surface area contributed by atoms with Gasteiger partial charge in [0.2, 0.25) is 0 Å². The topological polar surface area (TPSA) is 26.3 Å². The van der Waals surface area contributed by atoms with Crippen LogP contribution in [0.15, 0.2) is 78.9 Å². The van der Waals surface area contributed by atoms with Crippen LogP contribution in [0.2, 0.25) is 0 Å². The molecule has 0 spiro atoms. The third-order valence-corrected chi connectivity index (χ3v) is 6.30. The molecule has 0 aliphatic heterocycles. The summed E-state index contributed by atoms with van der Waals surface area (Å²) >= 11 is 0. The van der Waals surface area contributed by atoms with Crippen LogP contribution in [-0.2, 0) is 10.2 Å². The fourth-order valence-electron chi connectivity index (χ4n) is 4.82. The number of carbonyl (C=O) groups excluding carboxylic acids is 1. The molecule has 0 aromatic heterocycles. The zero-order chi connectivity index (χ0) is 20.9. The first-order valence-corrected chi connectivity index (χ1v) is 10.5. The van der Waals surface area contributed by atoms with E-state index in [0.717, 1.165) is 21.9 Å². The monoisotopic (exact) mass is 392 g/mol. The number of rotatable bonds is 3. The molecule has 0 fully saturated rings. The van der Waals surface area contributed by atoms with E-state index in [0.29, 0.717) is 12.2 Å². The Bertz CT molecular complexity index is 1300. The highest BCUT2D eigenvalue weighted by molar-refractivity contribution is 6.08. The summed E-state index contributed by atoms with van der Waals surface area (Å²) < 4.78 is 5.38. The van der Waals surface area contributed by atoms with Gasteiger partial charge in [-0.25, -0.2) is 4.79 Å². The minimum absolute atomic E-state index is 0.0867. The Morgan fingerprint density at radius 1 is 0.833 bits per heavy atom. The Kier molecular flexibility index (Phi) is 4.25. The number of benzene rings is 4. The maximum atomic E-state index is 12.8. The van der Waals surface area contributed by atoms with Crippen molar-refractivity contribution in [3.05, 3.63) is 95.6 Å². The van der Waals surface area contributed by atoms with Gasteiger partial charge in [0.1, 0.15) is 0 Å². The van der Waals surface area contributed by atoms with E-state index >= 15 is 0 Å². The van der Waals surface area contributed by atoms with Crippen LogP contribution in [0.25, 0.3) is 33.0 Å². The molecular weight excluding hydrogens is 368 g/mol. The predicted octanol–water partition coefficient (Wildman–Crippen LogP) is 6.99. The Morgan fingerprint density at radius 3 is 2.40 bits per heavy atom. The van der Waals surface area contributed by atoms with Crippen molar-refractivity contribution in [1.82, 2.24) is 0 Å². The van der Waals surface area contributed by atoms with Crippen LogP contribution in [-0.4, -0.2) is 12.6 Å². The van der Waals surface area contributed by atoms with Gasteiger partial charge in [-0.05, 0) is 57.6 Å². The van der Waals surface area contributed by atoms with Gasteiger partial charge in [-0.1, -0.05) is 80.6 Å². The SMILES string of the molecule is CCOC(=O)c1ccc2ccccc2c1-c1ccc2c(c1)C(C)(C)c1ccccc1-2. The van der Waals surface area contributed by atoms with Crippen molar-refractivity contribution in [3.63, 3.8) is 0 Å². The lowest BCUT2D eigenvalue weighted by Gasteiger charge is -2.22. The van der Waals surface area contributed by atoms with Gasteiger partial charge in [0, 0.05) is 11.0 Å². The second kappa shape index (κ2) is 6.84. The van der Waals surface area contributed by atoms with Gasteiger partial charge in [0.15, 0.2) is 0 Å². The van der Waals surface area contributed by atoms with Gasteiger partial charge >= 0.3 is 5.97 Å². The van der Waals surface area contributed by atoms with Crippen LogP contribution in [0.5, 0.6) is 0 Å². The van der Waals surface area contributed by atoms with Crippen LogP contribution in [0.3, 0.4) is 0 Å². The maximum absolute atomic E-state index is 12.8. The van der Waals surface area contributed by atoms with Crippen molar-refractivity contribution in [1.29, 1.82) is 0 Å². The average molecular weight is 392 g/mol. The highest BCUT2D eigenvalue weighted by Gasteiger charge is 2.35. The van der Waals surface area contributed by atoms with Gasteiger partial charge in [-0.15, -0.1) is 0 Å². The zero-order valence-electron chi connectivity index (χ0n) is 17.5. The van der Waals surface area contributed by atoms with E-state index in [9.17, 15) is 4.79 Å². The first-order valence-electron chi connectivity index (χ1n) is 10.5. The van der Waals surface area contributed by atoms with Crippen LogP contribution in [0, 0.1) is 0 Å². The van der Waals surface area contributed by atoms with Crippen LogP contribution in [0.1, 0.15) is 42.3 Å². The average Bonchev–Trinajstić information content (AvgIpc) is 3.00. The molecule has 148 valence electrons. The lowest BCUT2D eigenvalue weighted by molar-refractivity contribution is 0.0527. The maximum Gasteiger partial charge on any atom is 0.338 e. The van der Waals surface area contributed by atoms with Gasteiger partial charge in [0.05, 0.1) is 12.2 Å². The lowest BCUT2D eigenvalue weighted by Crippen LogP contribution is -2.15. The number of carbonyl (C=O) groups is 1. The summed E-state index contributed by atoms with van der Waals surface area (Å²) in [5, 5.41) is 2.18. The molecule has 4 aromatic carbocycles. The molecule has 5 rings (SSSR count). The van der Waals surface area contributed by atoms with E-state index in [1.165, 1.54) is 22.3 Å². The molecule has 0 N–H and O–H groups in total. The molecule has 2 heteroatoms. The van der Waals surface area contributed by atoms with E-state index < -0.39 is 0 Å². The third kappa shape index (κ3) is 2.68. The Morgan fingerprint density at radius 2 is 1.57 bits per heavy atom. The van der Waals surface area contributed by atoms with Crippen LogP contribution >= 0.6 is 0 Å². The van der Waals surface area contributed by atoms with E-state index in [1.807, 2.05) is 31.2 Å². The molecule has 0 radical (unpaired) electrons. The van der Waals surface area contributed by atoms with E-state index in [2.05, 4.69) is 68.4 Å². The summed E-state index contributed by atoms with van der Waals surface area (Å²) in [6.45, 7) is 6.75. The fraction of sp³-hybridized carbons (Fsp3) is 0.179. The molecule has 0 amide bonds. The molecule has 2 nitrogen and oxygen atoms in total. The smallest absolute Gasteiger partial charge is 0.338 e. The number of hydrogen-bond donors (Lipinski definition) is 0. The van der Waals surface area contributed by atoms with Gasteiger partial charge in [-0.3, -0.25) is 0 Å². The molecule has 1 aliphatic rings. The minimum atomic E-state index is -0.277. The van der Waals surface area contributed by atoms with Crippen LogP contribution < -0.4 is 0 Å². The predicted molar refractivity (Wildman–Crippen MR) is 123 cm³/mol. The molecule has 0 saturated carbocycles. The summed E-state index contributed by atoms with van der Waals surface area (Å²) in [5.41, 5.74) is 7.74. The number of ether oxygens (including phenoxy) is 1. The molecule has 30 heavy (non-hydrogen) atoms. The largest absolute Gasteiger partial charge is 0.462 e. The Balaban J connectivity index is 1.78. The van der Waals surface area contributed by atoms with Gasteiger partial charge in [-0.2, -0.15) is 0 Å². The summed E-state index contributed by atoms with van der Waals surface area (Å²) in [5.74, 6) is -0.277. The third-order valence-electron chi connectivity index (χ3n) is 6.30. The quantitative estimate of drug-likeness (QED) is 0.351. The Hall–Kier alpha value is -3.39. The minimum Gasteiger partial charge on any atom is -0.462 e. The van der Waals surface area contributed by atoms with E-state index in [1.54, 1.807) is 0 Å². The second-order valence-corrected chi connectivity index (χ2v) is 8.36. The number of hydrogen-bond acceptors (Lipinski definition) is 2. The molecule has 1 aliphatic carbocycles. The standard InChI is InChI=1S/C28H24O2/c1-4-30-27(29)23-16-13-18-9-5-6-10-20(18)26(23)19-14-15-22-21-11-7-8-12-24(21)28(2,3)25(22)17-19/h5-17H,4H2,1-3H3. The van der Waals surface area contributed by atoms with E-state index in [4.69, 9.17) is 4.74 Å². The van der Waals surface area contributed by atoms with Crippen molar-refractivity contribution in [2.45, 2.75) is 26.2 Å². The molecule has 0 bridgehead atoms. The first-order chi connectivity index (χ1) is 14.5. The van der Waals surface area contributed by atoms with Gasteiger partial charge in [0.25, 0.3) is 0 Å². The second-order valence-electron chi connectivity index (χ2n) is 8.36. The summed E-state index contributed by atoms with van der Waals surface area (Å²) in [6, 6.07) is 27.3. The van der Waals surface area contributed by atoms with Gasteiger partial charge < -0.3 is 4.74 Å². The zero-order valence-corrected chi connectivity index (χ0v) is 17.5. The normalized spacial score (nSPS) is 13.7. The van der Waals surface area contributed by atoms with Crippen LogP contribution in [0.4, 0.5) is 0 Å². The van der Waals surface area contributed by atoms with E-state index in [-0.39, 0.29) is 11.4 Å². The summed E-state index contributed by atoms with van der Waals surface area (Å²) in [6.07, 6.45) is 0. The Labute approximate surface area is 177 Å². The number of esters is 1. The highest BCUT2D eigenvalue weighted by atomic mass is 16.5. The molecule has 0 unspecified atom stereocenters. The highest BCUT2D eigenvalue weighted by Crippen LogP contribution is 2.50. The molecular formula is C28H24O2. The fourth-order valence-corrected chi connectivity index (χ4v) is 4.82. The summed E-state index contributed by atoms with van der Waals surface area (Å²) in [4.78, 5) is 12.8. The van der Waals surface area contributed by atoms with Crippen molar-refractivity contribution in [2.75, 3.05) is 6.61 Å². The number of fused-ring (bicyclic) bond motifs is 4. The van der Waals surface area contributed by atoms with Crippen molar-refractivity contribution < 1.29 is 9.53 Å². The lowest BCUT2D eigenvalue weighted by atomic mass is 9.81. The molecule has 0 heterocycles. The first kappa shape index (κ1) is 18.6. The molecule has 0 saturated heterocycles.